The maximum absolute atomic E-state index is 12.3. The molecule has 1 aliphatic rings. The van der Waals surface area contributed by atoms with Gasteiger partial charge in [-0.25, -0.2) is 0 Å². The number of likely N-dealkylation sites (N-methyl/N-ethyl adjacent to an activating group) is 2. The Morgan fingerprint density at radius 3 is 3.05 bits per heavy atom. The first-order valence-electron chi connectivity index (χ1n) is 7.03. The summed E-state index contributed by atoms with van der Waals surface area (Å²) in [6.07, 6.45) is 0. The molecule has 7 heteroatoms. The first-order chi connectivity index (χ1) is 10.1. The van der Waals surface area contributed by atoms with Crippen LogP contribution in [0.4, 0.5) is 0 Å². The zero-order chi connectivity index (χ0) is 15.2. The van der Waals surface area contributed by atoms with Gasteiger partial charge >= 0.3 is 0 Å². The van der Waals surface area contributed by atoms with Gasteiger partial charge in [-0.15, -0.1) is 0 Å². The van der Waals surface area contributed by atoms with Crippen LogP contribution in [0.3, 0.4) is 0 Å². The number of rotatable bonds is 5. The predicted molar refractivity (Wildman–Crippen MR) is 83.1 cm³/mol. The molecule has 0 aromatic carbocycles. The second-order valence-corrected chi connectivity index (χ2v) is 5.97. The van der Waals surface area contributed by atoms with Gasteiger partial charge in [0.15, 0.2) is 0 Å². The fourth-order valence-electron chi connectivity index (χ4n) is 2.40. The van der Waals surface area contributed by atoms with Crippen LogP contribution < -0.4 is 10.6 Å². The number of nitrogens with one attached hydrogen (secondary N) is 2. The van der Waals surface area contributed by atoms with Crippen molar-refractivity contribution in [1.29, 1.82) is 0 Å². The zero-order valence-corrected chi connectivity index (χ0v) is 13.3. The molecule has 21 heavy (non-hydrogen) atoms. The molecule has 0 radical (unpaired) electrons. The van der Waals surface area contributed by atoms with Crippen LogP contribution >= 0.6 is 11.3 Å². The van der Waals surface area contributed by atoms with Crippen molar-refractivity contribution in [3.05, 3.63) is 22.4 Å². The molecular formula is C14H22N4O2S. The molecule has 2 amide bonds. The summed E-state index contributed by atoms with van der Waals surface area (Å²) in [6.45, 7) is 2.98. The molecule has 6 nitrogen and oxygen atoms in total. The van der Waals surface area contributed by atoms with Crippen molar-refractivity contribution in [2.45, 2.75) is 12.6 Å². The Morgan fingerprint density at radius 1 is 1.57 bits per heavy atom. The van der Waals surface area contributed by atoms with Gasteiger partial charge in [0.25, 0.3) is 0 Å². The molecule has 1 aromatic rings. The van der Waals surface area contributed by atoms with Crippen molar-refractivity contribution in [3.8, 4) is 0 Å². The lowest BCUT2D eigenvalue weighted by molar-refractivity contribution is -0.134. The molecular weight excluding hydrogens is 288 g/mol. The Morgan fingerprint density at radius 2 is 2.38 bits per heavy atom. The van der Waals surface area contributed by atoms with E-state index in [0.29, 0.717) is 19.6 Å². The first-order valence-corrected chi connectivity index (χ1v) is 7.97. The molecule has 1 saturated heterocycles. The molecule has 0 bridgehead atoms. The van der Waals surface area contributed by atoms with E-state index in [4.69, 9.17) is 0 Å². The Balaban J connectivity index is 1.91. The van der Waals surface area contributed by atoms with Gasteiger partial charge in [-0.2, -0.15) is 11.3 Å². The van der Waals surface area contributed by atoms with E-state index in [1.165, 1.54) is 0 Å². The van der Waals surface area contributed by atoms with Gasteiger partial charge in [0.05, 0.1) is 6.54 Å². The number of hydrogen-bond acceptors (Lipinski definition) is 5. The fourth-order valence-corrected chi connectivity index (χ4v) is 3.06. The summed E-state index contributed by atoms with van der Waals surface area (Å²) in [5, 5.41) is 9.90. The number of carbonyl (C=O) groups excluding carboxylic acids is 2. The summed E-state index contributed by atoms with van der Waals surface area (Å²) in [4.78, 5) is 27.9. The first kappa shape index (κ1) is 15.9. The highest BCUT2D eigenvalue weighted by molar-refractivity contribution is 7.07. The average Bonchev–Trinajstić information content (AvgIpc) is 2.99. The summed E-state index contributed by atoms with van der Waals surface area (Å²) in [5.41, 5.74) is 1.14. The van der Waals surface area contributed by atoms with Gasteiger partial charge < -0.3 is 15.5 Å². The minimum atomic E-state index is -0.276. The van der Waals surface area contributed by atoms with Crippen molar-refractivity contribution in [2.75, 3.05) is 40.3 Å². The van der Waals surface area contributed by atoms with Crippen molar-refractivity contribution >= 4 is 23.2 Å². The van der Waals surface area contributed by atoms with Gasteiger partial charge in [0, 0.05) is 40.3 Å². The van der Waals surface area contributed by atoms with Crippen LogP contribution in [-0.4, -0.2) is 67.9 Å². The van der Waals surface area contributed by atoms with Crippen LogP contribution in [-0.2, 0) is 16.1 Å². The third-order valence-electron chi connectivity index (χ3n) is 3.67. The summed E-state index contributed by atoms with van der Waals surface area (Å²) < 4.78 is 0. The Labute approximate surface area is 129 Å². The third kappa shape index (κ3) is 4.26. The monoisotopic (exact) mass is 310 g/mol. The smallest absolute Gasteiger partial charge is 0.238 e. The van der Waals surface area contributed by atoms with E-state index in [9.17, 15) is 9.59 Å². The number of piperazine rings is 1. The highest BCUT2D eigenvalue weighted by atomic mass is 32.1. The van der Waals surface area contributed by atoms with Crippen LogP contribution in [0.1, 0.15) is 5.56 Å². The molecule has 1 aromatic heterocycles. The van der Waals surface area contributed by atoms with Gasteiger partial charge in [0.1, 0.15) is 6.04 Å². The third-order valence-corrected chi connectivity index (χ3v) is 4.40. The number of nitrogens with zero attached hydrogens (tertiary/aromatic N) is 2. The Kier molecular flexibility index (Phi) is 5.72. The van der Waals surface area contributed by atoms with Gasteiger partial charge in [0.2, 0.25) is 11.8 Å². The molecule has 1 aliphatic heterocycles. The highest BCUT2D eigenvalue weighted by Crippen LogP contribution is 2.10. The second kappa shape index (κ2) is 7.53. The van der Waals surface area contributed by atoms with Gasteiger partial charge in [-0.05, 0) is 22.4 Å². The lowest BCUT2D eigenvalue weighted by Crippen LogP contribution is -2.59. The number of carbonyl (C=O) groups is 2. The fraction of sp³-hybridized carbons (Fsp3) is 0.571. The summed E-state index contributed by atoms with van der Waals surface area (Å²) in [7, 11) is 3.43. The van der Waals surface area contributed by atoms with Gasteiger partial charge in [-0.1, -0.05) is 0 Å². The van der Waals surface area contributed by atoms with Crippen molar-refractivity contribution in [2.24, 2.45) is 0 Å². The van der Waals surface area contributed by atoms with Crippen LogP contribution in [0.25, 0.3) is 0 Å². The van der Waals surface area contributed by atoms with Crippen molar-refractivity contribution in [1.82, 2.24) is 20.4 Å². The highest BCUT2D eigenvalue weighted by Gasteiger charge is 2.29. The topological polar surface area (TPSA) is 64.7 Å². The quantitative estimate of drug-likeness (QED) is 0.786. The SMILES string of the molecule is CNC(=O)C1CNCCN1CC(=O)N(C)Cc1ccsc1. The molecule has 0 saturated carbocycles. The summed E-state index contributed by atoms with van der Waals surface area (Å²) in [6, 6.07) is 1.74. The van der Waals surface area contributed by atoms with Crippen molar-refractivity contribution < 1.29 is 9.59 Å². The maximum atomic E-state index is 12.3. The average molecular weight is 310 g/mol. The standard InChI is InChI=1S/C14H22N4O2S/c1-15-14(20)12-7-16-4-5-18(12)9-13(19)17(2)8-11-3-6-21-10-11/h3,6,10,12,16H,4-5,7-9H2,1-2H3,(H,15,20). The van der Waals surface area contributed by atoms with Crippen LogP contribution in [0, 0.1) is 0 Å². The normalized spacial score (nSPS) is 19.2. The lowest BCUT2D eigenvalue weighted by Gasteiger charge is -2.35. The van der Waals surface area contributed by atoms with E-state index < -0.39 is 0 Å². The minimum absolute atomic E-state index is 0.0389. The van der Waals surface area contributed by atoms with E-state index in [-0.39, 0.29) is 24.4 Å². The molecule has 2 N–H and O–H groups in total. The van der Waals surface area contributed by atoms with Gasteiger partial charge in [-0.3, -0.25) is 14.5 Å². The molecule has 1 atom stereocenters. The predicted octanol–water partition coefficient (Wildman–Crippen LogP) is -0.274. The molecule has 1 unspecified atom stereocenters. The lowest BCUT2D eigenvalue weighted by atomic mass is 10.1. The van der Waals surface area contributed by atoms with E-state index in [2.05, 4.69) is 10.6 Å². The van der Waals surface area contributed by atoms with Crippen LogP contribution in [0.5, 0.6) is 0 Å². The molecule has 0 spiro atoms. The second-order valence-electron chi connectivity index (χ2n) is 5.19. The number of thiophene rings is 1. The van der Waals surface area contributed by atoms with E-state index in [0.717, 1.165) is 12.1 Å². The molecule has 116 valence electrons. The molecule has 2 rings (SSSR count). The molecule has 2 heterocycles. The summed E-state index contributed by atoms with van der Waals surface area (Å²) >= 11 is 1.63. The zero-order valence-electron chi connectivity index (χ0n) is 12.5. The van der Waals surface area contributed by atoms with Crippen molar-refractivity contribution in [3.63, 3.8) is 0 Å². The number of amides is 2. The maximum Gasteiger partial charge on any atom is 0.238 e. The van der Waals surface area contributed by atoms with E-state index in [1.807, 2.05) is 21.7 Å². The molecule has 0 aliphatic carbocycles. The molecule has 1 fully saturated rings. The minimum Gasteiger partial charge on any atom is -0.358 e. The van der Waals surface area contributed by atoms with Crippen LogP contribution in [0.15, 0.2) is 16.8 Å². The largest absolute Gasteiger partial charge is 0.358 e. The number of hydrogen-bond donors (Lipinski definition) is 2. The Bertz CT molecular complexity index is 477. The van der Waals surface area contributed by atoms with E-state index in [1.54, 1.807) is 30.3 Å². The Hall–Kier alpha value is -1.44. The van der Waals surface area contributed by atoms with Crippen LogP contribution in [0.2, 0.25) is 0 Å². The summed E-state index contributed by atoms with van der Waals surface area (Å²) in [5.74, 6) is -0.00695. The van der Waals surface area contributed by atoms with E-state index >= 15 is 0 Å².